The lowest BCUT2D eigenvalue weighted by Gasteiger charge is -2.25. The highest BCUT2D eigenvalue weighted by Gasteiger charge is 2.47. The lowest BCUT2D eigenvalue weighted by atomic mass is 9.76. The van der Waals surface area contributed by atoms with Crippen molar-refractivity contribution in [3.05, 3.63) is 46.5 Å². The number of nitrogens with two attached hydrogens (primary N) is 1. The number of aryl methyl sites for hydroxylation is 2. The highest BCUT2D eigenvalue weighted by molar-refractivity contribution is 6.65. The van der Waals surface area contributed by atoms with Gasteiger partial charge in [0.05, 0.1) is 23.4 Å². The van der Waals surface area contributed by atoms with Gasteiger partial charge in [-0.1, -0.05) is 19.6 Å². The topological polar surface area (TPSA) is 120 Å². The van der Waals surface area contributed by atoms with Crippen LogP contribution in [0.25, 0.3) is 0 Å². The van der Waals surface area contributed by atoms with Gasteiger partial charge in [0.25, 0.3) is 0 Å². The molecule has 0 aromatic heterocycles. The molecule has 1 amide bonds. The quantitative estimate of drug-likeness (QED) is 0.467. The Morgan fingerprint density at radius 2 is 1.33 bits per heavy atom. The summed E-state index contributed by atoms with van der Waals surface area (Å²) in [7, 11) is -0.853. The fraction of sp³-hybridized carbons (Fsp3) is 0.594. The van der Waals surface area contributed by atoms with Crippen LogP contribution in [0.15, 0.2) is 24.3 Å². The highest BCUT2D eigenvalue weighted by Crippen LogP contribution is 2.36. The molecule has 13 heteroatoms. The maximum Gasteiger partial charge on any atom is 0.499 e. The molecule has 0 aliphatic carbocycles. The molecule has 0 fully saturated rings. The lowest BCUT2D eigenvalue weighted by Crippen LogP contribution is -2.41. The Labute approximate surface area is 275 Å². The summed E-state index contributed by atoms with van der Waals surface area (Å²) < 4.78 is 41.3. The van der Waals surface area contributed by atoms with E-state index in [0.717, 1.165) is 39.1 Å². The average molecular weight is 647 g/mol. The summed E-state index contributed by atoms with van der Waals surface area (Å²) in [5.41, 5.74) is 10.8. The number of alkyl carbamates (subject to hydrolysis) is 1. The molecule has 4 aliphatic heterocycles. The van der Waals surface area contributed by atoms with Gasteiger partial charge in [0.1, 0.15) is 30.3 Å². The lowest BCUT2D eigenvalue weighted by molar-refractivity contribution is 0.0249. The Kier molecular flexibility index (Phi) is 11.3. The van der Waals surface area contributed by atoms with Crippen LogP contribution in [0.3, 0.4) is 0 Å². The molecule has 0 spiro atoms. The summed E-state index contributed by atoms with van der Waals surface area (Å²) in [5.74, 6) is 1.65. The minimum Gasteiger partial charge on any atom is -0.491 e. The Hall–Kier alpha value is -2.47. The van der Waals surface area contributed by atoms with Gasteiger partial charge in [-0.2, -0.15) is 0 Å². The molecule has 4 aliphatic rings. The first-order chi connectivity index (χ1) is 20.1. The van der Waals surface area contributed by atoms with Gasteiger partial charge >= 0.3 is 20.3 Å². The molecule has 2 aromatic carbocycles. The van der Waals surface area contributed by atoms with Crippen LogP contribution in [0.1, 0.15) is 90.4 Å². The second-order valence-electron chi connectivity index (χ2n) is 13.8. The SMILES string of the molecule is C.Cc1ccc2c3c1[C@@H](CN)OB3OC(C)(C)CO2.Cc1ccc2c3c1[C@@H](CNC(=O)OC(C)(C)C)OB3OC(C)(C)CO2.Cl. The van der Waals surface area contributed by atoms with E-state index in [9.17, 15) is 4.79 Å². The van der Waals surface area contributed by atoms with Crippen LogP contribution in [0.2, 0.25) is 0 Å². The Balaban J connectivity index is 0.000000246. The fourth-order valence-corrected chi connectivity index (χ4v) is 5.75. The second-order valence-corrected chi connectivity index (χ2v) is 13.8. The van der Waals surface area contributed by atoms with E-state index in [-0.39, 0.29) is 44.8 Å². The van der Waals surface area contributed by atoms with E-state index >= 15 is 0 Å². The predicted octanol–water partition coefficient (Wildman–Crippen LogP) is 4.44. The van der Waals surface area contributed by atoms with Crippen molar-refractivity contribution in [3.63, 3.8) is 0 Å². The maximum absolute atomic E-state index is 12.0. The number of hydrogen-bond acceptors (Lipinski definition) is 9. The van der Waals surface area contributed by atoms with E-state index in [4.69, 9.17) is 38.6 Å². The van der Waals surface area contributed by atoms with Gasteiger partial charge in [-0.05, 0) is 96.7 Å². The minimum absolute atomic E-state index is 0. The summed E-state index contributed by atoms with van der Waals surface area (Å²) in [6, 6.07) is 8.02. The van der Waals surface area contributed by atoms with Crippen LogP contribution in [-0.2, 0) is 23.4 Å². The molecule has 0 radical (unpaired) electrons. The van der Waals surface area contributed by atoms with Crippen molar-refractivity contribution in [2.45, 2.75) is 98.8 Å². The monoisotopic (exact) mass is 646 g/mol. The van der Waals surface area contributed by atoms with Crippen molar-refractivity contribution < 1.29 is 37.6 Å². The third-order valence-corrected chi connectivity index (χ3v) is 7.67. The van der Waals surface area contributed by atoms with Crippen molar-refractivity contribution in [2.24, 2.45) is 5.73 Å². The molecular weight excluding hydrogens is 597 g/mol. The van der Waals surface area contributed by atoms with Crippen molar-refractivity contribution in [1.82, 2.24) is 5.32 Å². The van der Waals surface area contributed by atoms with Gasteiger partial charge in [0.15, 0.2) is 0 Å². The Morgan fingerprint density at radius 3 is 1.78 bits per heavy atom. The second kappa shape index (κ2) is 13.7. The molecule has 3 N–H and O–H groups in total. The fourth-order valence-electron chi connectivity index (χ4n) is 5.75. The zero-order valence-electron chi connectivity index (χ0n) is 27.2. The van der Waals surface area contributed by atoms with Crippen LogP contribution in [0.4, 0.5) is 4.79 Å². The van der Waals surface area contributed by atoms with Crippen LogP contribution in [0, 0.1) is 13.8 Å². The minimum atomic E-state index is -0.536. The predicted molar refractivity (Wildman–Crippen MR) is 179 cm³/mol. The summed E-state index contributed by atoms with van der Waals surface area (Å²) in [6.07, 6.45) is -0.855. The molecular formula is C32H49B2ClN2O8. The van der Waals surface area contributed by atoms with Crippen LogP contribution in [0.5, 0.6) is 11.5 Å². The Morgan fingerprint density at radius 1 is 0.889 bits per heavy atom. The van der Waals surface area contributed by atoms with Crippen molar-refractivity contribution >= 4 is 43.7 Å². The van der Waals surface area contributed by atoms with Crippen LogP contribution >= 0.6 is 12.4 Å². The molecule has 0 bridgehead atoms. The molecule has 0 saturated heterocycles. The normalized spacial score (nSPS) is 21.6. The largest absolute Gasteiger partial charge is 0.499 e. The van der Waals surface area contributed by atoms with Gasteiger partial charge in [-0.25, -0.2) is 4.79 Å². The number of amides is 1. The number of benzene rings is 2. The average Bonchev–Trinajstić information content (AvgIpc) is 3.37. The summed E-state index contributed by atoms with van der Waals surface area (Å²) in [4.78, 5) is 12.0. The highest BCUT2D eigenvalue weighted by atomic mass is 35.5. The number of hydrogen-bond donors (Lipinski definition) is 2. The van der Waals surface area contributed by atoms with E-state index < -0.39 is 24.4 Å². The molecule has 45 heavy (non-hydrogen) atoms. The number of nitrogens with one attached hydrogen (secondary N) is 1. The third kappa shape index (κ3) is 8.10. The van der Waals surface area contributed by atoms with Gasteiger partial charge in [0.2, 0.25) is 0 Å². The summed E-state index contributed by atoms with van der Waals surface area (Å²) in [6.45, 7) is 19.3. The van der Waals surface area contributed by atoms with Gasteiger partial charge < -0.3 is 43.9 Å². The zero-order valence-corrected chi connectivity index (χ0v) is 28.0. The van der Waals surface area contributed by atoms with Crippen molar-refractivity contribution in [1.29, 1.82) is 0 Å². The first-order valence-corrected chi connectivity index (χ1v) is 14.9. The van der Waals surface area contributed by atoms with Gasteiger partial charge in [0, 0.05) is 24.0 Å². The molecule has 0 unspecified atom stereocenters. The molecule has 2 atom stereocenters. The van der Waals surface area contributed by atoms with E-state index in [1.165, 1.54) is 5.56 Å². The first kappa shape index (κ1) is 37.0. The van der Waals surface area contributed by atoms with Crippen molar-refractivity contribution in [3.8, 4) is 11.5 Å². The molecule has 248 valence electrons. The van der Waals surface area contributed by atoms with Gasteiger partial charge in [-0.3, -0.25) is 0 Å². The van der Waals surface area contributed by atoms with E-state index in [1.807, 2.05) is 73.6 Å². The van der Waals surface area contributed by atoms with E-state index in [0.29, 0.717) is 26.3 Å². The number of rotatable bonds is 3. The standard InChI is InChI=1S/C18H26BNO5.C13H18BNO3.CH4.ClH/c1-11-7-8-12-15-14(11)13(9-20-16(21)23-17(2,3)4)24-19(15)25-18(5,6)10-22-12;1-8-4-5-9-12-11(8)10(6-15)17-14(12)18-13(2,3)7-16-9;;/h7-8,13H,9-10H2,1-6H3,(H,20,21);4-5,10H,6-7,15H2,1-3H3;1H4;1H/t13-;10-;;/m11../s1. The molecule has 2 aromatic rings. The van der Waals surface area contributed by atoms with Crippen molar-refractivity contribution in [2.75, 3.05) is 26.3 Å². The number of carbonyl (C=O) groups is 1. The maximum atomic E-state index is 12.0. The number of halogens is 1. The first-order valence-electron chi connectivity index (χ1n) is 14.9. The van der Waals surface area contributed by atoms with Gasteiger partial charge in [-0.15, -0.1) is 12.4 Å². The van der Waals surface area contributed by atoms with Crippen LogP contribution in [-0.4, -0.2) is 63.4 Å². The molecule has 10 nitrogen and oxygen atoms in total. The van der Waals surface area contributed by atoms with E-state index in [1.54, 1.807) is 0 Å². The number of ether oxygens (including phenoxy) is 3. The summed E-state index contributed by atoms with van der Waals surface area (Å²) in [5, 5.41) is 2.79. The van der Waals surface area contributed by atoms with E-state index in [2.05, 4.69) is 18.3 Å². The molecule has 4 heterocycles. The zero-order chi connectivity index (χ0) is 31.3. The molecule has 0 saturated carbocycles. The molecule has 6 rings (SSSR count). The van der Waals surface area contributed by atoms with Crippen LogP contribution < -0.4 is 31.4 Å². The summed E-state index contributed by atoms with van der Waals surface area (Å²) >= 11 is 0. The smallest absolute Gasteiger partial charge is 0.491 e. The third-order valence-electron chi connectivity index (χ3n) is 7.67. The Bertz CT molecular complexity index is 1380. The number of carbonyl (C=O) groups excluding carboxylic acids is 1.